The fraction of sp³-hybridized carbons (Fsp3) is 0.130. The summed E-state index contributed by atoms with van der Waals surface area (Å²) in [5.74, 6) is 1.62. The van der Waals surface area contributed by atoms with E-state index in [-0.39, 0.29) is 6.61 Å². The predicted molar refractivity (Wildman–Crippen MR) is 105 cm³/mol. The van der Waals surface area contributed by atoms with Gasteiger partial charge in [0.25, 0.3) is 0 Å². The van der Waals surface area contributed by atoms with Gasteiger partial charge < -0.3 is 14.6 Å². The monoisotopic (exact) mass is 346 g/mol. The van der Waals surface area contributed by atoms with E-state index < -0.39 is 0 Å². The summed E-state index contributed by atoms with van der Waals surface area (Å²) in [7, 11) is 1.64. The Kier molecular flexibility index (Phi) is 6.07. The van der Waals surface area contributed by atoms with Crippen molar-refractivity contribution in [3.63, 3.8) is 0 Å². The molecule has 0 aromatic heterocycles. The molecule has 0 fully saturated rings. The minimum atomic E-state index is -0.0292. The zero-order valence-electron chi connectivity index (χ0n) is 14.8. The van der Waals surface area contributed by atoms with Crippen LogP contribution in [0.15, 0.2) is 78.9 Å². The Morgan fingerprint density at radius 1 is 0.846 bits per heavy atom. The van der Waals surface area contributed by atoms with Crippen molar-refractivity contribution in [2.75, 3.05) is 13.7 Å². The maximum Gasteiger partial charge on any atom is 0.119 e. The van der Waals surface area contributed by atoms with E-state index in [1.165, 1.54) is 0 Å². The first-order chi connectivity index (χ1) is 12.8. The first kappa shape index (κ1) is 17.8. The van der Waals surface area contributed by atoms with Crippen molar-refractivity contribution < 1.29 is 14.6 Å². The maximum absolute atomic E-state index is 9.71. The Morgan fingerprint density at radius 2 is 1.50 bits per heavy atom. The Balaban J connectivity index is 1.68. The van der Waals surface area contributed by atoms with Gasteiger partial charge in [0.05, 0.1) is 13.7 Å². The second-order valence-electron chi connectivity index (χ2n) is 5.90. The maximum atomic E-state index is 9.71. The van der Waals surface area contributed by atoms with Crippen molar-refractivity contribution in [3.8, 4) is 11.5 Å². The third-order valence-corrected chi connectivity index (χ3v) is 4.10. The van der Waals surface area contributed by atoms with Crippen LogP contribution in [0.3, 0.4) is 0 Å². The number of aliphatic hydroxyl groups excluding tert-OH is 1. The Morgan fingerprint density at radius 3 is 2.12 bits per heavy atom. The molecule has 0 amide bonds. The van der Waals surface area contributed by atoms with Gasteiger partial charge in [-0.3, -0.25) is 0 Å². The number of benzene rings is 3. The molecule has 3 rings (SSSR count). The highest BCUT2D eigenvalue weighted by molar-refractivity contribution is 5.82. The fourth-order valence-electron chi connectivity index (χ4n) is 2.63. The van der Waals surface area contributed by atoms with Crippen LogP contribution in [0.25, 0.3) is 11.6 Å². The summed E-state index contributed by atoms with van der Waals surface area (Å²) in [4.78, 5) is 0. The molecule has 26 heavy (non-hydrogen) atoms. The highest BCUT2D eigenvalue weighted by atomic mass is 16.5. The second-order valence-corrected chi connectivity index (χ2v) is 5.90. The molecule has 1 N–H and O–H groups in total. The molecule has 0 bridgehead atoms. The molecule has 0 saturated carbocycles. The lowest BCUT2D eigenvalue weighted by Crippen LogP contribution is -1.95. The number of methoxy groups -OCH3 is 1. The van der Waals surface area contributed by atoms with Gasteiger partial charge >= 0.3 is 0 Å². The zero-order valence-corrected chi connectivity index (χ0v) is 14.8. The molecule has 3 aromatic carbocycles. The number of hydrogen-bond donors (Lipinski definition) is 1. The average molecular weight is 346 g/mol. The van der Waals surface area contributed by atoms with Crippen LogP contribution in [0.1, 0.15) is 16.7 Å². The largest absolute Gasteiger partial charge is 0.497 e. The normalized spacial score (nSPS) is 11.2. The average Bonchev–Trinajstić information content (AvgIpc) is 2.72. The molecule has 0 spiro atoms. The summed E-state index contributed by atoms with van der Waals surface area (Å²) in [5, 5.41) is 9.71. The molecule has 0 radical (unpaired) electrons. The van der Waals surface area contributed by atoms with Crippen LogP contribution in [0, 0.1) is 0 Å². The molecule has 132 valence electrons. The van der Waals surface area contributed by atoms with Gasteiger partial charge in [-0.2, -0.15) is 0 Å². The van der Waals surface area contributed by atoms with Gasteiger partial charge in [0.2, 0.25) is 0 Å². The third-order valence-electron chi connectivity index (χ3n) is 4.10. The van der Waals surface area contributed by atoms with Crippen LogP contribution in [-0.4, -0.2) is 18.8 Å². The lowest BCUT2D eigenvalue weighted by molar-refractivity contribution is 0.306. The lowest BCUT2D eigenvalue weighted by atomic mass is 10.0. The summed E-state index contributed by atoms with van der Waals surface area (Å²) < 4.78 is 11.0. The van der Waals surface area contributed by atoms with E-state index in [1.807, 2.05) is 84.9 Å². The lowest BCUT2D eigenvalue weighted by Gasteiger charge is -2.08. The number of rotatable bonds is 7. The Labute approximate surface area is 154 Å². The van der Waals surface area contributed by atoms with E-state index in [0.29, 0.717) is 6.61 Å². The molecule has 0 aliphatic rings. The van der Waals surface area contributed by atoms with Crippen molar-refractivity contribution in [1.82, 2.24) is 0 Å². The Bertz CT molecular complexity index is 835. The smallest absolute Gasteiger partial charge is 0.119 e. The molecule has 0 saturated heterocycles. The van der Waals surface area contributed by atoms with Crippen LogP contribution in [0.2, 0.25) is 0 Å². The van der Waals surface area contributed by atoms with Gasteiger partial charge in [-0.1, -0.05) is 54.6 Å². The summed E-state index contributed by atoms with van der Waals surface area (Å²) >= 11 is 0. The molecule has 0 unspecified atom stereocenters. The molecule has 3 nitrogen and oxygen atoms in total. The van der Waals surface area contributed by atoms with E-state index >= 15 is 0 Å². The van der Waals surface area contributed by atoms with E-state index in [4.69, 9.17) is 9.47 Å². The van der Waals surface area contributed by atoms with Crippen LogP contribution in [0.5, 0.6) is 11.5 Å². The molecule has 0 heterocycles. The molecule has 0 atom stereocenters. The van der Waals surface area contributed by atoms with E-state index in [2.05, 4.69) is 0 Å². The van der Waals surface area contributed by atoms with Gasteiger partial charge in [-0.25, -0.2) is 0 Å². The highest BCUT2D eigenvalue weighted by Crippen LogP contribution is 2.22. The molecular weight excluding hydrogens is 324 g/mol. The highest BCUT2D eigenvalue weighted by Gasteiger charge is 2.02. The SMILES string of the molecule is COc1ccc(C(=Cc2ccc(OCc3ccccc3)cc2)CO)cc1. The van der Waals surface area contributed by atoms with Crippen molar-refractivity contribution in [2.24, 2.45) is 0 Å². The van der Waals surface area contributed by atoms with Crippen molar-refractivity contribution in [3.05, 3.63) is 95.6 Å². The van der Waals surface area contributed by atoms with Gasteiger partial charge in [0.15, 0.2) is 0 Å². The third kappa shape index (κ3) is 4.74. The summed E-state index contributed by atoms with van der Waals surface area (Å²) in [6.45, 7) is 0.516. The summed E-state index contributed by atoms with van der Waals surface area (Å²) in [6, 6.07) is 25.6. The zero-order chi connectivity index (χ0) is 18.2. The van der Waals surface area contributed by atoms with Crippen molar-refractivity contribution >= 4 is 11.6 Å². The minimum Gasteiger partial charge on any atom is -0.497 e. The molecule has 0 aliphatic carbocycles. The van der Waals surface area contributed by atoms with Gasteiger partial charge in [-0.05, 0) is 52.6 Å². The first-order valence-electron chi connectivity index (χ1n) is 8.51. The summed E-state index contributed by atoms with van der Waals surface area (Å²) in [5.41, 5.74) is 3.97. The topological polar surface area (TPSA) is 38.7 Å². The van der Waals surface area contributed by atoms with Gasteiger partial charge in [0, 0.05) is 0 Å². The summed E-state index contributed by atoms with van der Waals surface area (Å²) in [6.07, 6.45) is 1.97. The predicted octanol–water partition coefficient (Wildman–Crippen LogP) is 4.81. The minimum absolute atomic E-state index is 0.0292. The number of ether oxygens (including phenoxy) is 2. The Hall–Kier alpha value is -3.04. The molecule has 3 heteroatoms. The van der Waals surface area contributed by atoms with Crippen LogP contribution in [-0.2, 0) is 6.61 Å². The number of hydrogen-bond acceptors (Lipinski definition) is 3. The van der Waals surface area contributed by atoms with E-state index in [0.717, 1.165) is 33.8 Å². The molecule has 0 aliphatic heterocycles. The number of aliphatic hydroxyl groups is 1. The first-order valence-corrected chi connectivity index (χ1v) is 8.51. The van der Waals surface area contributed by atoms with Crippen molar-refractivity contribution in [1.29, 1.82) is 0 Å². The van der Waals surface area contributed by atoms with Crippen LogP contribution >= 0.6 is 0 Å². The van der Waals surface area contributed by atoms with Gasteiger partial charge in [0.1, 0.15) is 18.1 Å². The van der Waals surface area contributed by atoms with E-state index in [9.17, 15) is 5.11 Å². The fourth-order valence-corrected chi connectivity index (χ4v) is 2.63. The quantitative estimate of drug-likeness (QED) is 0.624. The molecule has 3 aromatic rings. The van der Waals surface area contributed by atoms with E-state index in [1.54, 1.807) is 7.11 Å². The standard InChI is InChI=1S/C23H22O3/c1-25-22-13-9-20(10-14-22)21(16-24)15-18-7-11-23(12-8-18)26-17-19-5-3-2-4-6-19/h2-15,24H,16-17H2,1H3. The van der Waals surface area contributed by atoms with Gasteiger partial charge in [-0.15, -0.1) is 0 Å². The van der Waals surface area contributed by atoms with Crippen LogP contribution < -0.4 is 9.47 Å². The molecular formula is C23H22O3. The van der Waals surface area contributed by atoms with Crippen molar-refractivity contribution in [2.45, 2.75) is 6.61 Å². The second kappa shape index (κ2) is 8.88. The van der Waals surface area contributed by atoms with Crippen LogP contribution in [0.4, 0.5) is 0 Å².